The van der Waals surface area contributed by atoms with Crippen LogP contribution in [-0.2, 0) is 17.8 Å². The molecule has 0 saturated carbocycles. The monoisotopic (exact) mass is 300 g/mol. The van der Waals surface area contributed by atoms with E-state index in [1.165, 1.54) is 0 Å². The third-order valence-corrected chi connectivity index (χ3v) is 4.22. The molecule has 0 fully saturated rings. The van der Waals surface area contributed by atoms with Crippen molar-refractivity contribution in [3.63, 3.8) is 0 Å². The molecule has 1 atom stereocenters. The molecule has 5 nitrogen and oxygen atoms in total. The third-order valence-electron chi connectivity index (χ3n) is 4.22. The van der Waals surface area contributed by atoms with Gasteiger partial charge in [-0.1, -0.05) is 0 Å². The number of aromatic nitrogens is 2. The highest BCUT2D eigenvalue weighted by Crippen LogP contribution is 2.30. The summed E-state index contributed by atoms with van der Waals surface area (Å²) in [5, 5.41) is 9.19. The maximum absolute atomic E-state index is 11.2. The number of aliphatic carboxylic acids is 1. The van der Waals surface area contributed by atoms with Gasteiger partial charge in [-0.2, -0.15) is 0 Å². The minimum Gasteiger partial charge on any atom is -0.494 e. The van der Waals surface area contributed by atoms with Crippen LogP contribution in [0.15, 0.2) is 24.3 Å². The average Bonchev–Trinajstić information content (AvgIpc) is 2.85. The van der Waals surface area contributed by atoms with Gasteiger partial charge in [-0.15, -0.1) is 0 Å². The largest absolute Gasteiger partial charge is 0.494 e. The average molecular weight is 300 g/mol. The number of carboxylic acid groups (broad SMARTS) is 1. The number of ether oxygens (including phenoxy) is 1. The fourth-order valence-corrected chi connectivity index (χ4v) is 3.01. The summed E-state index contributed by atoms with van der Waals surface area (Å²) in [6.07, 6.45) is 1.18. The molecule has 2 aromatic rings. The number of hydrogen-bond donors (Lipinski definition) is 1. The quantitative estimate of drug-likeness (QED) is 0.943. The molecule has 1 aromatic carbocycles. The van der Waals surface area contributed by atoms with E-state index in [0.29, 0.717) is 19.4 Å². The molecular weight excluding hydrogens is 280 g/mol. The van der Waals surface area contributed by atoms with E-state index in [2.05, 4.69) is 9.55 Å². The molecule has 1 aliphatic rings. The molecule has 1 aliphatic heterocycles. The lowest BCUT2D eigenvalue weighted by Gasteiger charge is -2.20. The van der Waals surface area contributed by atoms with E-state index in [1.807, 2.05) is 38.1 Å². The summed E-state index contributed by atoms with van der Waals surface area (Å²) in [7, 11) is 0. The van der Waals surface area contributed by atoms with Crippen molar-refractivity contribution in [2.24, 2.45) is 5.92 Å². The molecule has 5 heteroatoms. The predicted molar refractivity (Wildman–Crippen MR) is 83.0 cm³/mol. The summed E-state index contributed by atoms with van der Waals surface area (Å²) in [5.41, 5.74) is 3.07. The Labute approximate surface area is 129 Å². The normalized spacial score (nSPS) is 17.1. The van der Waals surface area contributed by atoms with Crippen LogP contribution in [-0.4, -0.2) is 27.2 Å². The number of carboxylic acids is 1. The van der Waals surface area contributed by atoms with Gasteiger partial charge in [-0.3, -0.25) is 4.79 Å². The number of hydrogen-bond acceptors (Lipinski definition) is 3. The zero-order chi connectivity index (χ0) is 15.7. The summed E-state index contributed by atoms with van der Waals surface area (Å²) < 4.78 is 7.60. The molecule has 1 N–H and O–H groups in total. The Kier molecular flexibility index (Phi) is 3.88. The molecule has 3 rings (SSSR count). The molecule has 1 aromatic heterocycles. The van der Waals surface area contributed by atoms with Gasteiger partial charge in [0.1, 0.15) is 11.6 Å². The van der Waals surface area contributed by atoms with Crippen LogP contribution >= 0.6 is 0 Å². The number of carbonyl (C=O) groups is 1. The van der Waals surface area contributed by atoms with Gasteiger partial charge < -0.3 is 14.4 Å². The number of rotatable bonds is 4. The highest BCUT2D eigenvalue weighted by molar-refractivity contribution is 5.71. The van der Waals surface area contributed by atoms with Crippen LogP contribution in [0.1, 0.15) is 24.9 Å². The Morgan fingerprint density at radius 2 is 2.14 bits per heavy atom. The van der Waals surface area contributed by atoms with E-state index >= 15 is 0 Å². The SMILES string of the molecule is CCOc1ccc(-c2nc3n(c2C)CCC(C(=O)O)C3)cc1. The van der Waals surface area contributed by atoms with Crippen LogP contribution in [0.3, 0.4) is 0 Å². The number of benzene rings is 1. The highest BCUT2D eigenvalue weighted by atomic mass is 16.5. The van der Waals surface area contributed by atoms with Crippen molar-refractivity contribution in [1.82, 2.24) is 9.55 Å². The first-order valence-electron chi connectivity index (χ1n) is 7.62. The van der Waals surface area contributed by atoms with Gasteiger partial charge in [0.05, 0.1) is 18.2 Å². The summed E-state index contributed by atoms with van der Waals surface area (Å²) >= 11 is 0. The molecule has 22 heavy (non-hydrogen) atoms. The first kappa shape index (κ1) is 14.6. The third kappa shape index (κ3) is 2.58. The number of fused-ring (bicyclic) bond motifs is 1. The lowest BCUT2D eigenvalue weighted by molar-refractivity contribution is -0.142. The van der Waals surface area contributed by atoms with Gasteiger partial charge in [-0.05, 0) is 44.5 Å². The fourth-order valence-electron chi connectivity index (χ4n) is 3.01. The fraction of sp³-hybridized carbons (Fsp3) is 0.412. The van der Waals surface area contributed by atoms with Crippen molar-refractivity contribution in [2.75, 3.05) is 6.61 Å². The van der Waals surface area contributed by atoms with Gasteiger partial charge in [-0.25, -0.2) is 4.98 Å². The van der Waals surface area contributed by atoms with Crippen molar-refractivity contribution in [1.29, 1.82) is 0 Å². The van der Waals surface area contributed by atoms with Crippen molar-refractivity contribution < 1.29 is 14.6 Å². The van der Waals surface area contributed by atoms with E-state index in [0.717, 1.165) is 35.1 Å². The van der Waals surface area contributed by atoms with Crippen LogP contribution in [0.2, 0.25) is 0 Å². The first-order chi connectivity index (χ1) is 10.6. The Bertz CT molecular complexity index is 689. The van der Waals surface area contributed by atoms with Gasteiger partial charge in [0.25, 0.3) is 0 Å². The highest BCUT2D eigenvalue weighted by Gasteiger charge is 2.27. The lowest BCUT2D eigenvalue weighted by Crippen LogP contribution is -2.26. The second-order valence-corrected chi connectivity index (χ2v) is 5.60. The molecule has 116 valence electrons. The Hall–Kier alpha value is -2.30. The molecule has 0 bridgehead atoms. The summed E-state index contributed by atoms with van der Waals surface area (Å²) in [6.45, 7) is 5.37. The van der Waals surface area contributed by atoms with Gasteiger partial charge >= 0.3 is 5.97 Å². The van der Waals surface area contributed by atoms with E-state index in [-0.39, 0.29) is 5.92 Å². The van der Waals surface area contributed by atoms with Crippen molar-refractivity contribution >= 4 is 5.97 Å². The van der Waals surface area contributed by atoms with Crippen LogP contribution in [0.25, 0.3) is 11.3 Å². The van der Waals surface area contributed by atoms with Crippen LogP contribution in [0.5, 0.6) is 5.75 Å². The van der Waals surface area contributed by atoms with Crippen molar-refractivity contribution in [3.8, 4) is 17.0 Å². The minimum absolute atomic E-state index is 0.317. The van der Waals surface area contributed by atoms with Gasteiger partial charge in [0, 0.05) is 24.2 Å². The first-order valence-corrected chi connectivity index (χ1v) is 7.62. The van der Waals surface area contributed by atoms with Crippen LogP contribution in [0.4, 0.5) is 0 Å². The van der Waals surface area contributed by atoms with Crippen molar-refractivity contribution in [3.05, 3.63) is 35.8 Å². The molecule has 0 aliphatic carbocycles. The molecular formula is C17H20N2O3. The van der Waals surface area contributed by atoms with Gasteiger partial charge in [0.15, 0.2) is 0 Å². The molecule has 0 saturated heterocycles. The van der Waals surface area contributed by atoms with E-state index in [4.69, 9.17) is 4.74 Å². The van der Waals surface area contributed by atoms with E-state index in [9.17, 15) is 9.90 Å². The Balaban J connectivity index is 1.91. The maximum Gasteiger partial charge on any atom is 0.307 e. The molecule has 0 amide bonds. The zero-order valence-electron chi connectivity index (χ0n) is 12.9. The number of nitrogens with zero attached hydrogens (tertiary/aromatic N) is 2. The molecule has 0 radical (unpaired) electrons. The summed E-state index contributed by atoms with van der Waals surface area (Å²) in [4.78, 5) is 15.9. The molecule has 2 heterocycles. The Morgan fingerprint density at radius 1 is 1.41 bits per heavy atom. The van der Waals surface area contributed by atoms with Crippen LogP contribution in [0, 0.1) is 12.8 Å². The molecule has 0 spiro atoms. The maximum atomic E-state index is 11.2. The predicted octanol–water partition coefficient (Wildman–Crippen LogP) is 2.90. The number of imidazole rings is 1. The van der Waals surface area contributed by atoms with Crippen LogP contribution < -0.4 is 4.74 Å². The minimum atomic E-state index is -0.727. The standard InChI is InChI=1S/C17H20N2O3/c1-3-22-14-6-4-12(5-7-14)16-11(2)19-9-8-13(17(20)21)10-15(19)18-16/h4-7,13H,3,8-10H2,1-2H3,(H,20,21). The smallest absolute Gasteiger partial charge is 0.307 e. The second kappa shape index (κ2) is 5.83. The summed E-state index contributed by atoms with van der Waals surface area (Å²) in [6, 6.07) is 7.88. The Morgan fingerprint density at radius 3 is 2.77 bits per heavy atom. The summed E-state index contributed by atoms with van der Waals surface area (Å²) in [5.74, 6) is 0.677. The lowest BCUT2D eigenvalue weighted by atomic mass is 9.98. The topological polar surface area (TPSA) is 64.4 Å². The van der Waals surface area contributed by atoms with Crippen molar-refractivity contribution in [2.45, 2.75) is 33.2 Å². The molecule has 1 unspecified atom stereocenters. The van der Waals surface area contributed by atoms with Gasteiger partial charge in [0.2, 0.25) is 0 Å². The van der Waals surface area contributed by atoms with E-state index in [1.54, 1.807) is 0 Å². The van der Waals surface area contributed by atoms with E-state index < -0.39 is 5.97 Å². The second-order valence-electron chi connectivity index (χ2n) is 5.60. The zero-order valence-corrected chi connectivity index (χ0v) is 12.9.